The van der Waals surface area contributed by atoms with Crippen LogP contribution in [0.4, 0.5) is 13.2 Å². The molecule has 172 valence electrons. The second-order valence-corrected chi connectivity index (χ2v) is 8.91. The number of benzene rings is 1. The number of rotatable bonds is 6. The Morgan fingerprint density at radius 3 is 2.34 bits per heavy atom. The molecule has 0 saturated heterocycles. The SMILES string of the molecule is O=C(O)CNC(=O)c1c(O)c2c(n(Cc3ccc(OC(F)(F)F)cc3)c1=O)CS(=O)(=O)C2. The molecule has 3 N–H and O–H groups in total. The molecule has 2 aromatic rings. The zero-order valence-corrected chi connectivity index (χ0v) is 16.8. The third-order valence-electron chi connectivity index (χ3n) is 4.50. The zero-order chi connectivity index (χ0) is 23.8. The summed E-state index contributed by atoms with van der Waals surface area (Å²) in [5.74, 6) is -5.25. The molecule has 1 aliphatic rings. The molecule has 0 spiro atoms. The number of pyridine rings is 1. The van der Waals surface area contributed by atoms with Gasteiger partial charge in [-0.3, -0.25) is 14.4 Å². The number of sulfone groups is 1. The molecule has 1 aromatic heterocycles. The number of aliphatic carboxylic acids is 1. The van der Waals surface area contributed by atoms with E-state index in [4.69, 9.17) is 5.11 Å². The van der Waals surface area contributed by atoms with Gasteiger partial charge in [0.1, 0.15) is 23.6 Å². The van der Waals surface area contributed by atoms with Gasteiger partial charge in [0.2, 0.25) is 0 Å². The van der Waals surface area contributed by atoms with Gasteiger partial charge >= 0.3 is 12.3 Å². The molecule has 14 heteroatoms. The summed E-state index contributed by atoms with van der Waals surface area (Å²) >= 11 is 0. The Morgan fingerprint density at radius 2 is 1.78 bits per heavy atom. The van der Waals surface area contributed by atoms with Crippen molar-refractivity contribution in [3.05, 3.63) is 57.0 Å². The average Bonchev–Trinajstić information content (AvgIpc) is 2.99. The molecule has 0 saturated carbocycles. The third kappa shape index (κ3) is 5.01. The highest BCUT2D eigenvalue weighted by Crippen LogP contribution is 2.33. The molecule has 0 aliphatic carbocycles. The number of hydrogen-bond acceptors (Lipinski definition) is 7. The summed E-state index contributed by atoms with van der Waals surface area (Å²) < 4.78 is 65.8. The fraction of sp³-hybridized carbons (Fsp3) is 0.278. The van der Waals surface area contributed by atoms with Crippen molar-refractivity contribution in [2.75, 3.05) is 6.54 Å². The van der Waals surface area contributed by atoms with Gasteiger partial charge in [-0.2, -0.15) is 0 Å². The minimum Gasteiger partial charge on any atom is -0.507 e. The fourth-order valence-electron chi connectivity index (χ4n) is 3.20. The largest absolute Gasteiger partial charge is 0.573 e. The van der Waals surface area contributed by atoms with Crippen molar-refractivity contribution in [1.82, 2.24) is 9.88 Å². The maximum Gasteiger partial charge on any atom is 0.573 e. The van der Waals surface area contributed by atoms with E-state index in [1.54, 1.807) is 0 Å². The summed E-state index contributed by atoms with van der Waals surface area (Å²) in [6.45, 7) is -1.18. The molecule has 1 aromatic carbocycles. The molecule has 0 atom stereocenters. The van der Waals surface area contributed by atoms with Gasteiger partial charge in [0, 0.05) is 11.3 Å². The van der Waals surface area contributed by atoms with Crippen LogP contribution in [-0.2, 0) is 32.7 Å². The predicted octanol–water partition coefficient (Wildman–Crippen LogP) is 0.744. The van der Waals surface area contributed by atoms with Crippen molar-refractivity contribution in [2.45, 2.75) is 24.4 Å². The van der Waals surface area contributed by atoms with Gasteiger partial charge in [-0.15, -0.1) is 13.2 Å². The van der Waals surface area contributed by atoms with E-state index in [-0.39, 0.29) is 23.4 Å². The molecular formula is C18H15F3N2O8S. The number of ether oxygens (including phenoxy) is 1. The fourth-order valence-corrected chi connectivity index (χ4v) is 4.79. The quantitative estimate of drug-likeness (QED) is 0.552. The summed E-state index contributed by atoms with van der Waals surface area (Å²) in [7, 11) is -3.75. The number of carbonyl (C=O) groups excluding carboxylic acids is 1. The lowest BCUT2D eigenvalue weighted by atomic mass is 10.1. The number of carbonyl (C=O) groups is 2. The Morgan fingerprint density at radius 1 is 1.16 bits per heavy atom. The van der Waals surface area contributed by atoms with Crippen molar-refractivity contribution in [1.29, 1.82) is 0 Å². The van der Waals surface area contributed by atoms with E-state index in [0.29, 0.717) is 0 Å². The van der Waals surface area contributed by atoms with Crippen LogP contribution in [0.5, 0.6) is 11.5 Å². The Hall–Kier alpha value is -3.55. The Kier molecular flexibility index (Phi) is 5.91. The predicted molar refractivity (Wildman–Crippen MR) is 101 cm³/mol. The molecule has 32 heavy (non-hydrogen) atoms. The molecule has 0 unspecified atom stereocenters. The van der Waals surface area contributed by atoms with Gasteiger partial charge in [0.25, 0.3) is 11.5 Å². The van der Waals surface area contributed by atoms with Crippen LogP contribution in [0.2, 0.25) is 0 Å². The zero-order valence-electron chi connectivity index (χ0n) is 16.0. The second kappa shape index (κ2) is 8.18. The van der Waals surface area contributed by atoms with Crippen molar-refractivity contribution < 1.29 is 46.1 Å². The molecular weight excluding hydrogens is 461 g/mol. The maximum absolute atomic E-state index is 12.9. The number of aromatic nitrogens is 1. The molecule has 0 bridgehead atoms. The number of nitrogens with one attached hydrogen (secondary N) is 1. The Balaban J connectivity index is 2.04. The van der Waals surface area contributed by atoms with Crippen LogP contribution in [-0.4, -0.2) is 48.0 Å². The maximum atomic E-state index is 12.9. The topological polar surface area (TPSA) is 152 Å². The number of carboxylic acid groups (broad SMARTS) is 1. The number of hydrogen-bond donors (Lipinski definition) is 3. The van der Waals surface area contributed by atoms with Crippen molar-refractivity contribution in [3.8, 4) is 11.5 Å². The summed E-state index contributed by atoms with van der Waals surface area (Å²) in [4.78, 5) is 35.9. The van der Waals surface area contributed by atoms with Crippen molar-refractivity contribution in [3.63, 3.8) is 0 Å². The smallest absolute Gasteiger partial charge is 0.507 e. The molecule has 2 heterocycles. The summed E-state index contributed by atoms with van der Waals surface area (Å²) in [5.41, 5.74) is -1.90. The van der Waals surface area contributed by atoms with Gasteiger partial charge in [-0.05, 0) is 17.7 Å². The van der Waals surface area contributed by atoms with Crippen LogP contribution in [0, 0.1) is 0 Å². The highest BCUT2D eigenvalue weighted by molar-refractivity contribution is 7.90. The van der Waals surface area contributed by atoms with Crippen molar-refractivity contribution in [2.24, 2.45) is 0 Å². The average molecular weight is 476 g/mol. The summed E-state index contributed by atoms with van der Waals surface area (Å²) in [6, 6.07) is 4.40. The lowest BCUT2D eigenvalue weighted by molar-refractivity contribution is -0.274. The molecule has 0 radical (unpaired) electrons. The van der Waals surface area contributed by atoms with Crippen LogP contribution in [0.3, 0.4) is 0 Å². The lowest BCUT2D eigenvalue weighted by Crippen LogP contribution is -2.37. The first-order chi connectivity index (χ1) is 14.8. The highest BCUT2D eigenvalue weighted by Gasteiger charge is 2.35. The summed E-state index contributed by atoms with van der Waals surface area (Å²) in [6.07, 6.45) is -4.90. The van der Waals surface area contributed by atoms with Crippen LogP contribution in [0.25, 0.3) is 0 Å². The molecule has 1 amide bonds. The van der Waals surface area contributed by atoms with E-state index < -0.39 is 68.7 Å². The second-order valence-electron chi connectivity index (χ2n) is 6.84. The first kappa shape index (κ1) is 23.1. The minimum atomic E-state index is -4.90. The standard InChI is InChI=1S/C18H15F3N2O8S/c19-18(20,21)31-10-3-1-9(2-4-10)6-23-12-8-32(29,30)7-11(12)15(26)14(17(23)28)16(27)22-5-13(24)25/h1-4,26H,5-8H2,(H,22,27)(H,24,25). The number of nitrogens with zero attached hydrogens (tertiary/aromatic N) is 1. The molecule has 0 fully saturated rings. The van der Waals surface area contributed by atoms with Crippen LogP contribution >= 0.6 is 0 Å². The number of halogens is 3. The van der Waals surface area contributed by atoms with Crippen LogP contribution in [0.1, 0.15) is 27.2 Å². The number of aromatic hydroxyl groups is 1. The van der Waals surface area contributed by atoms with Gasteiger partial charge in [-0.1, -0.05) is 12.1 Å². The van der Waals surface area contributed by atoms with Gasteiger partial charge in [0.15, 0.2) is 9.84 Å². The molecule has 3 rings (SSSR count). The van der Waals surface area contributed by atoms with E-state index in [1.807, 2.05) is 5.32 Å². The monoisotopic (exact) mass is 476 g/mol. The molecule has 10 nitrogen and oxygen atoms in total. The minimum absolute atomic E-state index is 0.0714. The first-order valence-electron chi connectivity index (χ1n) is 8.80. The van der Waals surface area contributed by atoms with Gasteiger partial charge in [0.05, 0.1) is 18.1 Å². The number of fused-ring (bicyclic) bond motifs is 1. The van der Waals surface area contributed by atoms with Gasteiger partial charge < -0.3 is 24.8 Å². The van der Waals surface area contributed by atoms with E-state index in [9.17, 15) is 41.1 Å². The van der Waals surface area contributed by atoms with E-state index in [2.05, 4.69) is 4.74 Å². The lowest BCUT2D eigenvalue weighted by Gasteiger charge is -2.16. The Labute approximate surface area is 177 Å². The number of carboxylic acids is 1. The number of alkyl halides is 3. The number of amides is 1. The Bertz CT molecular complexity index is 1250. The van der Waals surface area contributed by atoms with Crippen molar-refractivity contribution >= 4 is 21.7 Å². The molecule has 1 aliphatic heterocycles. The van der Waals surface area contributed by atoms with Crippen LogP contribution in [0.15, 0.2) is 29.1 Å². The van der Waals surface area contributed by atoms with E-state index in [0.717, 1.165) is 16.7 Å². The van der Waals surface area contributed by atoms with Gasteiger partial charge in [-0.25, -0.2) is 8.42 Å². The first-order valence-corrected chi connectivity index (χ1v) is 10.6. The van der Waals surface area contributed by atoms with E-state index in [1.165, 1.54) is 12.1 Å². The van der Waals surface area contributed by atoms with E-state index >= 15 is 0 Å². The summed E-state index contributed by atoms with van der Waals surface area (Å²) in [5, 5.41) is 21.0. The highest BCUT2D eigenvalue weighted by atomic mass is 32.2. The normalized spacial score (nSPS) is 14.6. The van der Waals surface area contributed by atoms with Crippen LogP contribution < -0.4 is 15.6 Å². The third-order valence-corrected chi connectivity index (χ3v) is 5.94.